The van der Waals surface area contributed by atoms with Gasteiger partial charge in [-0.25, -0.2) is 15.0 Å². The smallest absolute Gasteiger partial charge is 0.318 e. The second-order valence-corrected chi connectivity index (χ2v) is 7.84. The van der Waals surface area contributed by atoms with Gasteiger partial charge in [0.1, 0.15) is 24.6 Å². The molecule has 0 radical (unpaired) electrons. The topological polar surface area (TPSA) is 138 Å². The first-order valence-electron chi connectivity index (χ1n) is 11.6. The molecule has 37 heavy (non-hydrogen) atoms. The van der Waals surface area contributed by atoms with Crippen molar-refractivity contribution in [1.82, 2.24) is 29.7 Å². The van der Waals surface area contributed by atoms with E-state index in [4.69, 9.17) is 14.2 Å². The lowest BCUT2D eigenvalue weighted by atomic mass is 10.1. The molecule has 0 atom stereocenters. The Morgan fingerprint density at radius 1 is 1.03 bits per heavy atom. The fourth-order valence-corrected chi connectivity index (χ4v) is 3.51. The summed E-state index contributed by atoms with van der Waals surface area (Å²) >= 11 is 0. The third-order valence-corrected chi connectivity index (χ3v) is 5.26. The van der Waals surface area contributed by atoms with Crippen LogP contribution in [0.1, 0.15) is 23.7 Å². The number of hydrogen-bond donors (Lipinski definition) is 2. The van der Waals surface area contributed by atoms with Gasteiger partial charge in [0.2, 0.25) is 0 Å². The van der Waals surface area contributed by atoms with Crippen LogP contribution in [0.2, 0.25) is 0 Å². The molecule has 4 aromatic rings. The first-order valence-corrected chi connectivity index (χ1v) is 11.6. The fraction of sp³-hybridized carbons (Fsp3) is 0.280. The Bertz CT molecular complexity index is 1370. The van der Waals surface area contributed by atoms with Gasteiger partial charge in [-0.15, -0.1) is 0 Å². The Kier molecular flexibility index (Phi) is 8.21. The van der Waals surface area contributed by atoms with E-state index in [9.17, 15) is 4.79 Å². The van der Waals surface area contributed by atoms with Crippen LogP contribution < -0.4 is 20.1 Å². The normalized spacial score (nSPS) is 10.7. The standard InChI is InChI=1S/C25H28N8O4/c1-5-20(34)17-14-27-22(30-21-9-10-26-25(31-21)37-12-11-35-3)13-19(17)29-18-8-6-7-16(23(18)36-4)24-28-15-33(2)32-24/h6-10,13-15H,5,11-12H2,1-4H3,(H2,26,27,29,30,31). The van der Waals surface area contributed by atoms with E-state index < -0.39 is 0 Å². The van der Waals surface area contributed by atoms with Gasteiger partial charge >= 0.3 is 6.01 Å². The molecule has 0 saturated heterocycles. The van der Waals surface area contributed by atoms with E-state index in [1.54, 1.807) is 57.5 Å². The number of ketones is 1. The van der Waals surface area contributed by atoms with E-state index in [1.165, 1.54) is 6.20 Å². The van der Waals surface area contributed by atoms with Crippen LogP contribution in [-0.2, 0) is 11.8 Å². The van der Waals surface area contributed by atoms with Crippen LogP contribution in [0, 0.1) is 0 Å². The summed E-state index contributed by atoms with van der Waals surface area (Å²) in [4.78, 5) is 29.9. The predicted octanol–water partition coefficient (Wildman–Crippen LogP) is 3.78. The monoisotopic (exact) mass is 504 g/mol. The first-order chi connectivity index (χ1) is 18.0. The zero-order valence-electron chi connectivity index (χ0n) is 21.1. The summed E-state index contributed by atoms with van der Waals surface area (Å²) in [6, 6.07) is 9.23. The lowest BCUT2D eigenvalue weighted by Crippen LogP contribution is -2.08. The van der Waals surface area contributed by atoms with Gasteiger partial charge in [-0.2, -0.15) is 10.1 Å². The summed E-state index contributed by atoms with van der Waals surface area (Å²) < 4.78 is 17.8. The molecule has 0 fully saturated rings. The summed E-state index contributed by atoms with van der Waals surface area (Å²) in [7, 11) is 4.96. The van der Waals surface area contributed by atoms with Crippen molar-refractivity contribution < 1.29 is 19.0 Å². The summed E-state index contributed by atoms with van der Waals surface area (Å²) in [5, 5.41) is 10.9. The van der Waals surface area contributed by atoms with E-state index in [1.807, 2.05) is 18.2 Å². The molecule has 12 nitrogen and oxygen atoms in total. The minimum atomic E-state index is -0.0565. The van der Waals surface area contributed by atoms with Crippen LogP contribution in [0.15, 0.2) is 49.1 Å². The molecule has 0 aliphatic rings. The summed E-state index contributed by atoms with van der Waals surface area (Å²) in [5.74, 6) is 1.97. The highest BCUT2D eigenvalue weighted by Crippen LogP contribution is 2.37. The fourth-order valence-electron chi connectivity index (χ4n) is 3.51. The first kappa shape index (κ1) is 25.5. The number of Topliss-reactive ketones (excluding diaryl/α,β-unsaturated/α-hetero) is 1. The maximum atomic E-state index is 12.7. The van der Waals surface area contributed by atoms with Gasteiger partial charge in [-0.05, 0) is 18.2 Å². The summed E-state index contributed by atoms with van der Waals surface area (Å²) in [5.41, 5.74) is 2.36. The van der Waals surface area contributed by atoms with E-state index >= 15 is 0 Å². The molecule has 4 rings (SSSR count). The number of pyridine rings is 1. The Morgan fingerprint density at radius 3 is 2.62 bits per heavy atom. The molecule has 0 amide bonds. The summed E-state index contributed by atoms with van der Waals surface area (Å²) in [6.45, 7) is 2.55. The van der Waals surface area contributed by atoms with Gasteiger partial charge in [-0.3, -0.25) is 9.48 Å². The highest BCUT2D eigenvalue weighted by Gasteiger charge is 2.18. The van der Waals surface area contributed by atoms with Crippen molar-refractivity contribution in [3.05, 3.63) is 54.6 Å². The van der Waals surface area contributed by atoms with Crippen molar-refractivity contribution in [1.29, 1.82) is 0 Å². The number of nitrogens with one attached hydrogen (secondary N) is 2. The van der Waals surface area contributed by atoms with Crippen LogP contribution >= 0.6 is 0 Å². The molecular weight excluding hydrogens is 476 g/mol. The van der Waals surface area contributed by atoms with E-state index in [-0.39, 0.29) is 11.8 Å². The minimum absolute atomic E-state index is 0.0565. The molecule has 2 N–H and O–H groups in total. The second-order valence-electron chi connectivity index (χ2n) is 7.84. The predicted molar refractivity (Wildman–Crippen MR) is 138 cm³/mol. The van der Waals surface area contributed by atoms with Crippen LogP contribution in [0.5, 0.6) is 11.8 Å². The molecule has 3 aromatic heterocycles. The lowest BCUT2D eigenvalue weighted by molar-refractivity contribution is 0.0988. The highest BCUT2D eigenvalue weighted by molar-refractivity contribution is 6.02. The van der Waals surface area contributed by atoms with E-state index in [2.05, 4.69) is 35.7 Å². The number of ether oxygens (including phenoxy) is 3. The molecule has 0 spiro atoms. The third kappa shape index (κ3) is 6.16. The molecule has 1 aromatic carbocycles. The lowest BCUT2D eigenvalue weighted by Gasteiger charge is -2.17. The Morgan fingerprint density at radius 2 is 1.89 bits per heavy atom. The Labute approximate surface area is 214 Å². The second kappa shape index (κ2) is 11.9. The van der Waals surface area contributed by atoms with Crippen molar-refractivity contribution in [2.75, 3.05) is 38.1 Å². The Balaban J connectivity index is 1.65. The maximum Gasteiger partial charge on any atom is 0.318 e. The van der Waals surface area contributed by atoms with Gasteiger partial charge in [0, 0.05) is 39.0 Å². The molecule has 12 heteroatoms. The number of hydrogen-bond acceptors (Lipinski definition) is 11. The van der Waals surface area contributed by atoms with E-state index in [0.29, 0.717) is 65.3 Å². The van der Waals surface area contributed by atoms with Crippen LogP contribution in [0.3, 0.4) is 0 Å². The number of para-hydroxylation sites is 1. The SMILES string of the molecule is CCC(=O)c1cnc(Nc2ccnc(OCCOC)n2)cc1Nc1cccc(-c2ncn(C)n2)c1OC. The summed E-state index contributed by atoms with van der Waals surface area (Å²) in [6.07, 6.45) is 5.05. The zero-order chi connectivity index (χ0) is 26.2. The zero-order valence-corrected chi connectivity index (χ0v) is 21.1. The van der Waals surface area contributed by atoms with Crippen molar-refractivity contribution in [2.24, 2.45) is 7.05 Å². The quantitative estimate of drug-likeness (QED) is 0.215. The van der Waals surface area contributed by atoms with Gasteiger partial charge in [0.05, 0.1) is 36.2 Å². The number of nitrogens with zero attached hydrogens (tertiary/aromatic N) is 6. The largest absolute Gasteiger partial charge is 0.494 e. The molecule has 0 bridgehead atoms. The number of benzene rings is 1. The average Bonchev–Trinajstić information content (AvgIpc) is 3.34. The van der Waals surface area contributed by atoms with Gasteiger partial charge in [-0.1, -0.05) is 13.0 Å². The molecule has 0 aliphatic carbocycles. The average molecular weight is 505 g/mol. The van der Waals surface area contributed by atoms with Gasteiger partial charge < -0.3 is 24.8 Å². The van der Waals surface area contributed by atoms with Crippen molar-refractivity contribution in [2.45, 2.75) is 13.3 Å². The van der Waals surface area contributed by atoms with Crippen molar-refractivity contribution in [3.63, 3.8) is 0 Å². The van der Waals surface area contributed by atoms with Gasteiger partial charge in [0.15, 0.2) is 17.4 Å². The molecule has 0 unspecified atom stereocenters. The van der Waals surface area contributed by atoms with Crippen LogP contribution in [0.25, 0.3) is 11.4 Å². The number of anilines is 4. The van der Waals surface area contributed by atoms with E-state index in [0.717, 1.165) is 0 Å². The Hall–Kier alpha value is -4.58. The third-order valence-electron chi connectivity index (χ3n) is 5.26. The molecule has 192 valence electrons. The molecule has 0 saturated carbocycles. The van der Waals surface area contributed by atoms with Crippen molar-refractivity contribution >= 4 is 28.8 Å². The number of carbonyl (C=O) groups is 1. The maximum absolute atomic E-state index is 12.7. The molecular formula is C25H28N8O4. The number of aryl methyl sites for hydroxylation is 1. The number of carbonyl (C=O) groups excluding carboxylic acids is 1. The van der Waals surface area contributed by atoms with Crippen molar-refractivity contribution in [3.8, 4) is 23.1 Å². The van der Waals surface area contributed by atoms with Crippen LogP contribution in [0.4, 0.5) is 23.0 Å². The van der Waals surface area contributed by atoms with Crippen LogP contribution in [-0.4, -0.2) is 62.9 Å². The number of rotatable bonds is 12. The molecule has 3 heterocycles. The highest BCUT2D eigenvalue weighted by atomic mass is 16.5. The molecule has 0 aliphatic heterocycles. The minimum Gasteiger partial charge on any atom is -0.494 e. The van der Waals surface area contributed by atoms with Gasteiger partial charge in [0.25, 0.3) is 0 Å². The number of aromatic nitrogens is 6. The number of methoxy groups -OCH3 is 2.